The molecule has 8 aromatic rings. The van der Waals surface area contributed by atoms with Crippen molar-refractivity contribution in [2.75, 3.05) is 31.4 Å². The van der Waals surface area contributed by atoms with Gasteiger partial charge in [-0.25, -0.2) is 9.55 Å². The highest BCUT2D eigenvalue weighted by Crippen LogP contribution is 2.33. The lowest BCUT2D eigenvalue weighted by molar-refractivity contribution is -0.646. The number of aromatic nitrogens is 2. The van der Waals surface area contributed by atoms with Crippen LogP contribution in [0.5, 0.6) is 0 Å². The molecule has 0 unspecified atom stereocenters. The maximum atomic E-state index is 4.88. The molecule has 2 aromatic heterocycles. The molecule has 276 valence electrons. The largest absolute Gasteiger partial charge is 1.00 e. The van der Waals surface area contributed by atoms with Crippen LogP contribution in [0.25, 0.3) is 66.3 Å². The predicted molar refractivity (Wildman–Crippen MR) is 231 cm³/mol. The fraction of sp³-hybridized carbons (Fsp3) is 0.160. The summed E-state index contributed by atoms with van der Waals surface area (Å²) in [6, 6.07) is 52.0. The van der Waals surface area contributed by atoms with Gasteiger partial charge in [0.25, 0.3) is 5.82 Å². The Morgan fingerprint density at radius 1 is 0.491 bits per heavy atom. The molecule has 0 aliphatic rings. The number of fused-ring (bicyclic) bond motifs is 2. The molecule has 0 atom stereocenters. The zero-order valence-electron chi connectivity index (χ0n) is 33.1. The van der Waals surface area contributed by atoms with E-state index < -0.39 is 0 Å². The molecule has 5 heteroatoms. The molecule has 0 bridgehead atoms. The van der Waals surface area contributed by atoms with Crippen LogP contribution in [-0.2, 0) is 7.05 Å². The number of nitrogens with one attached hydrogen (secondary N) is 1. The van der Waals surface area contributed by atoms with Crippen LogP contribution in [0.4, 0.5) is 11.6 Å². The summed E-state index contributed by atoms with van der Waals surface area (Å²) in [4.78, 5) is 7.09. The van der Waals surface area contributed by atoms with Crippen molar-refractivity contribution in [1.82, 2.24) is 4.98 Å². The molecular weight excluding hydrogens is 783 g/mol. The maximum absolute atomic E-state index is 4.88. The molecule has 0 aliphatic carbocycles. The molecule has 6 aromatic carbocycles. The second-order valence-electron chi connectivity index (χ2n) is 14.5. The number of benzene rings is 6. The van der Waals surface area contributed by atoms with Crippen LogP contribution in [0.3, 0.4) is 0 Å². The van der Waals surface area contributed by atoms with Crippen LogP contribution in [0.1, 0.15) is 22.3 Å². The van der Waals surface area contributed by atoms with Gasteiger partial charge in [-0.15, -0.1) is 0 Å². The van der Waals surface area contributed by atoms with Crippen molar-refractivity contribution in [3.05, 3.63) is 168 Å². The third-order valence-corrected chi connectivity index (χ3v) is 10.5. The van der Waals surface area contributed by atoms with E-state index in [1.54, 1.807) is 0 Å². The number of aryl methyl sites for hydroxylation is 4. The Balaban J connectivity index is 0.000000184. The molecule has 8 rings (SSSR count). The van der Waals surface area contributed by atoms with Gasteiger partial charge < -0.3 is 29.3 Å². The Kier molecular flexibility index (Phi) is 12.0. The van der Waals surface area contributed by atoms with E-state index in [2.05, 4.69) is 203 Å². The monoisotopic (exact) mass is 832 g/mol. The average molecular weight is 833 g/mol. The summed E-state index contributed by atoms with van der Waals surface area (Å²) < 4.78 is 2.31. The molecule has 0 saturated carbocycles. The maximum Gasteiger partial charge on any atom is 0.284 e. The molecule has 0 fully saturated rings. The topological polar surface area (TPSA) is 32.0 Å². The number of nitrogens with zero attached hydrogens (tertiary/aromatic N) is 3. The highest BCUT2D eigenvalue weighted by Gasteiger charge is 2.21. The molecule has 2 heterocycles. The van der Waals surface area contributed by atoms with Crippen molar-refractivity contribution < 1.29 is 28.5 Å². The highest BCUT2D eigenvalue weighted by atomic mass is 127. The predicted octanol–water partition coefficient (Wildman–Crippen LogP) is 8.91. The molecule has 4 nitrogen and oxygen atoms in total. The van der Waals surface area contributed by atoms with Gasteiger partial charge in [0.05, 0.1) is 32.2 Å². The van der Waals surface area contributed by atoms with Crippen molar-refractivity contribution in [2.45, 2.75) is 27.7 Å². The third kappa shape index (κ3) is 8.27. The van der Waals surface area contributed by atoms with Crippen LogP contribution in [-0.4, -0.2) is 26.1 Å². The van der Waals surface area contributed by atoms with Crippen LogP contribution in [0.15, 0.2) is 146 Å². The SMILES string of the molecule is CNc1nc(-c2cccc(-c3ccccc3)c2)cc2cc(C)c(C)cc12.Cc1cc2cc(-c3cccc(-c4ccccc4)c3)[n+](C)c(N(C)C)c2cc1C.[I-]. The lowest BCUT2D eigenvalue weighted by atomic mass is 9.98. The smallest absolute Gasteiger partial charge is 0.284 e. The summed E-state index contributed by atoms with van der Waals surface area (Å²) in [6.45, 7) is 8.67. The minimum Gasteiger partial charge on any atom is -1.00 e. The van der Waals surface area contributed by atoms with Gasteiger partial charge in [-0.2, -0.15) is 0 Å². The molecule has 55 heavy (non-hydrogen) atoms. The molecular formula is C50H49IN4. The second kappa shape index (κ2) is 16.9. The normalized spacial score (nSPS) is 10.8. The highest BCUT2D eigenvalue weighted by molar-refractivity contribution is 5.96. The van der Waals surface area contributed by atoms with E-state index in [0.29, 0.717) is 0 Å². The zero-order chi connectivity index (χ0) is 37.9. The Labute approximate surface area is 343 Å². The van der Waals surface area contributed by atoms with E-state index >= 15 is 0 Å². The molecule has 1 N–H and O–H groups in total. The quantitative estimate of drug-likeness (QED) is 0.134. The van der Waals surface area contributed by atoms with Crippen LogP contribution in [0, 0.1) is 27.7 Å². The number of rotatable bonds is 6. The first-order chi connectivity index (χ1) is 26.1. The number of hydrogen-bond acceptors (Lipinski definition) is 3. The van der Waals surface area contributed by atoms with Gasteiger partial charge in [0.15, 0.2) is 0 Å². The standard InChI is InChI=1S/C26H27N2.C24H22N2.HI/c1-18-14-23-17-25(28(5)26(27(3)4)24(23)15-19(18)2)22-13-9-12-21(16-22)20-10-7-6-8-11-20;1-16-12-21-15-23(26-24(25-3)22(21)13-17(16)2)20-11-7-10-19(14-20)18-8-5-4-6-9-18;/h6-17H,1-5H3;4-15H,1-3H3,(H,25,26);1H/q+1;;/p-1. The fourth-order valence-corrected chi connectivity index (χ4v) is 7.35. The second-order valence-corrected chi connectivity index (χ2v) is 14.5. The average Bonchev–Trinajstić information content (AvgIpc) is 3.19. The van der Waals surface area contributed by atoms with E-state index in [1.165, 1.54) is 83.1 Å². The summed E-state index contributed by atoms with van der Waals surface area (Å²) in [5, 5.41) is 8.22. The number of hydrogen-bond donors (Lipinski definition) is 1. The van der Waals surface area contributed by atoms with Crippen molar-refractivity contribution >= 4 is 33.2 Å². The van der Waals surface area contributed by atoms with Gasteiger partial charge >= 0.3 is 0 Å². The summed E-state index contributed by atoms with van der Waals surface area (Å²) in [6.07, 6.45) is 0. The first kappa shape index (κ1) is 39.2. The molecule has 0 saturated heterocycles. The Morgan fingerprint density at radius 2 is 0.945 bits per heavy atom. The van der Waals surface area contributed by atoms with Gasteiger partial charge in [0.2, 0.25) is 0 Å². The first-order valence-corrected chi connectivity index (χ1v) is 18.6. The first-order valence-electron chi connectivity index (χ1n) is 18.6. The van der Waals surface area contributed by atoms with Gasteiger partial charge in [-0.3, -0.25) is 4.90 Å². The summed E-state index contributed by atoms with van der Waals surface area (Å²) >= 11 is 0. The van der Waals surface area contributed by atoms with Crippen molar-refractivity contribution in [1.29, 1.82) is 0 Å². The minimum absolute atomic E-state index is 0. The Morgan fingerprint density at radius 3 is 1.49 bits per heavy atom. The van der Waals surface area contributed by atoms with E-state index in [0.717, 1.165) is 17.1 Å². The van der Waals surface area contributed by atoms with Gasteiger partial charge in [-0.1, -0.05) is 109 Å². The summed E-state index contributed by atoms with van der Waals surface area (Å²) in [7, 11) is 8.33. The zero-order valence-corrected chi connectivity index (χ0v) is 35.2. The molecule has 0 amide bonds. The van der Waals surface area contributed by atoms with Crippen LogP contribution < -0.4 is 38.8 Å². The number of pyridine rings is 2. The Hall–Kier alpha value is -5.53. The van der Waals surface area contributed by atoms with Crippen molar-refractivity contribution in [3.63, 3.8) is 0 Å². The lowest BCUT2D eigenvalue weighted by Crippen LogP contribution is -3.00. The lowest BCUT2D eigenvalue weighted by Gasteiger charge is -2.17. The molecule has 0 radical (unpaired) electrons. The summed E-state index contributed by atoms with van der Waals surface area (Å²) in [5.74, 6) is 2.14. The fourth-order valence-electron chi connectivity index (χ4n) is 7.35. The number of halogens is 1. The van der Waals surface area contributed by atoms with Crippen molar-refractivity contribution in [2.24, 2.45) is 7.05 Å². The summed E-state index contributed by atoms with van der Waals surface area (Å²) in [5.41, 5.74) is 14.7. The van der Waals surface area contributed by atoms with E-state index in [9.17, 15) is 0 Å². The van der Waals surface area contributed by atoms with Crippen molar-refractivity contribution in [3.8, 4) is 44.8 Å². The van der Waals surface area contributed by atoms with Crippen LogP contribution >= 0.6 is 0 Å². The van der Waals surface area contributed by atoms with Crippen LogP contribution in [0.2, 0.25) is 0 Å². The van der Waals surface area contributed by atoms with E-state index in [4.69, 9.17) is 4.98 Å². The van der Waals surface area contributed by atoms with Gasteiger partial charge in [-0.05, 0) is 119 Å². The van der Waals surface area contributed by atoms with E-state index in [1.807, 2.05) is 13.1 Å². The molecule has 0 aliphatic heterocycles. The molecule has 0 spiro atoms. The van der Waals surface area contributed by atoms with E-state index in [-0.39, 0.29) is 24.0 Å². The van der Waals surface area contributed by atoms with Gasteiger partial charge in [0, 0.05) is 23.6 Å². The van der Waals surface area contributed by atoms with Gasteiger partial charge in [0.1, 0.15) is 11.5 Å². The Bertz CT molecular complexity index is 2610. The minimum atomic E-state index is 0. The third-order valence-electron chi connectivity index (χ3n) is 10.5. The number of anilines is 2.